The van der Waals surface area contributed by atoms with Gasteiger partial charge in [-0.2, -0.15) is 0 Å². The maximum absolute atomic E-state index is 2.41. The Hall–Kier alpha value is -0.520. The van der Waals surface area contributed by atoms with Crippen molar-refractivity contribution in [3.63, 3.8) is 0 Å². The molecule has 11 heavy (non-hydrogen) atoms. The number of hydrogen-bond acceptors (Lipinski definition) is 0. The molecule has 0 aromatic rings. The Kier molecular flexibility index (Phi) is 1.30. The van der Waals surface area contributed by atoms with E-state index in [9.17, 15) is 0 Å². The van der Waals surface area contributed by atoms with Crippen molar-refractivity contribution in [1.29, 1.82) is 0 Å². The molecule has 2 aliphatic rings. The Morgan fingerprint density at radius 1 is 1.18 bits per heavy atom. The Balaban J connectivity index is 2.41. The summed E-state index contributed by atoms with van der Waals surface area (Å²) in [5, 5.41) is 0. The van der Waals surface area contributed by atoms with Crippen LogP contribution in [0.4, 0.5) is 0 Å². The molecule has 0 saturated heterocycles. The lowest BCUT2D eigenvalue weighted by atomic mass is 9.67. The first-order chi connectivity index (χ1) is 5.22. The molecule has 0 atom stereocenters. The minimum atomic E-state index is 0.424. The van der Waals surface area contributed by atoms with Gasteiger partial charge >= 0.3 is 0 Å². The van der Waals surface area contributed by atoms with Crippen LogP contribution < -0.4 is 0 Å². The normalized spacial score (nSPS) is 46.7. The molecule has 0 unspecified atom stereocenters. The van der Waals surface area contributed by atoms with Crippen LogP contribution in [0.2, 0.25) is 0 Å². The summed E-state index contributed by atoms with van der Waals surface area (Å²) in [6.45, 7) is 4.71. The lowest BCUT2D eigenvalue weighted by molar-refractivity contribution is 0.192. The van der Waals surface area contributed by atoms with Crippen molar-refractivity contribution in [2.75, 3.05) is 0 Å². The third-order valence-corrected chi connectivity index (χ3v) is 3.68. The van der Waals surface area contributed by atoms with Crippen molar-refractivity contribution in [2.45, 2.75) is 33.1 Å². The van der Waals surface area contributed by atoms with Crippen molar-refractivity contribution in [1.82, 2.24) is 0 Å². The Morgan fingerprint density at radius 3 is 2.09 bits per heavy atom. The lowest BCUT2D eigenvalue weighted by Crippen LogP contribution is -2.28. The van der Waals surface area contributed by atoms with Crippen LogP contribution in [-0.2, 0) is 0 Å². The number of fused-ring (bicyclic) bond motifs is 1. The van der Waals surface area contributed by atoms with Crippen LogP contribution in [0.3, 0.4) is 0 Å². The van der Waals surface area contributed by atoms with Gasteiger partial charge in [-0.1, -0.05) is 38.2 Å². The fourth-order valence-electron chi connectivity index (χ4n) is 2.64. The zero-order valence-corrected chi connectivity index (χ0v) is 7.43. The second-order valence-electron chi connectivity index (χ2n) is 4.17. The maximum atomic E-state index is 2.41. The molecule has 0 heteroatoms. The Bertz CT molecular complexity index is 204. The van der Waals surface area contributed by atoms with Gasteiger partial charge in [-0.25, -0.2) is 0 Å². The molecule has 0 aromatic carbocycles. The highest BCUT2D eigenvalue weighted by atomic mass is 14.5. The van der Waals surface area contributed by atoms with Gasteiger partial charge in [0.25, 0.3) is 0 Å². The quantitative estimate of drug-likeness (QED) is 0.500. The standard InChI is InChI=1S/C11H16/c1-3-11-8-4-6-10(11,2)7-5-9-11/h4-5,8-9H,3,6-7H2,1-2H3. The van der Waals surface area contributed by atoms with Gasteiger partial charge < -0.3 is 0 Å². The van der Waals surface area contributed by atoms with Crippen molar-refractivity contribution in [2.24, 2.45) is 10.8 Å². The summed E-state index contributed by atoms with van der Waals surface area (Å²) in [6, 6.07) is 0. The molecule has 0 aromatic heterocycles. The molecule has 0 saturated carbocycles. The van der Waals surface area contributed by atoms with E-state index < -0.39 is 0 Å². The van der Waals surface area contributed by atoms with Crippen molar-refractivity contribution in [3.8, 4) is 0 Å². The third kappa shape index (κ3) is 0.702. The number of hydrogen-bond donors (Lipinski definition) is 0. The first kappa shape index (κ1) is 7.15. The molecule has 0 fully saturated rings. The van der Waals surface area contributed by atoms with E-state index in [2.05, 4.69) is 38.2 Å². The fraction of sp³-hybridized carbons (Fsp3) is 0.636. The molecule has 0 spiro atoms. The first-order valence-corrected chi connectivity index (χ1v) is 4.58. The van der Waals surface area contributed by atoms with Gasteiger partial charge in [-0.05, 0) is 24.7 Å². The SMILES string of the molecule is CCC12C=CCC1(C)CC=C2. The summed E-state index contributed by atoms with van der Waals surface area (Å²) < 4.78 is 0. The Morgan fingerprint density at radius 2 is 1.73 bits per heavy atom. The predicted octanol–water partition coefficient (Wildman–Crippen LogP) is 3.31. The summed E-state index contributed by atoms with van der Waals surface area (Å²) in [4.78, 5) is 0. The highest BCUT2D eigenvalue weighted by Gasteiger charge is 2.47. The average molecular weight is 148 g/mol. The summed E-state index contributed by atoms with van der Waals surface area (Å²) in [5.41, 5.74) is 0.953. The van der Waals surface area contributed by atoms with Crippen LogP contribution in [0.5, 0.6) is 0 Å². The maximum Gasteiger partial charge on any atom is 0.0118 e. The van der Waals surface area contributed by atoms with E-state index in [1.807, 2.05) is 0 Å². The van der Waals surface area contributed by atoms with Crippen LogP contribution in [0, 0.1) is 10.8 Å². The molecule has 0 bridgehead atoms. The molecule has 60 valence electrons. The van der Waals surface area contributed by atoms with Crippen LogP contribution in [0.15, 0.2) is 24.3 Å². The van der Waals surface area contributed by atoms with Crippen LogP contribution >= 0.6 is 0 Å². The van der Waals surface area contributed by atoms with Gasteiger partial charge in [0.05, 0.1) is 0 Å². The monoisotopic (exact) mass is 148 g/mol. The molecular formula is C11H16. The number of allylic oxidation sites excluding steroid dienone is 4. The fourth-order valence-corrected chi connectivity index (χ4v) is 2.64. The molecular weight excluding hydrogens is 132 g/mol. The predicted molar refractivity (Wildman–Crippen MR) is 48.3 cm³/mol. The smallest absolute Gasteiger partial charge is 0.0118 e. The average Bonchev–Trinajstić information content (AvgIpc) is 2.41. The zero-order chi connectivity index (χ0) is 7.95. The van der Waals surface area contributed by atoms with Crippen molar-refractivity contribution in [3.05, 3.63) is 24.3 Å². The van der Waals surface area contributed by atoms with Gasteiger partial charge in [-0.3, -0.25) is 0 Å². The minimum absolute atomic E-state index is 0.424. The Labute approximate surface area is 69.0 Å². The van der Waals surface area contributed by atoms with E-state index >= 15 is 0 Å². The van der Waals surface area contributed by atoms with Gasteiger partial charge in [0.15, 0.2) is 0 Å². The second-order valence-corrected chi connectivity index (χ2v) is 4.17. The zero-order valence-electron chi connectivity index (χ0n) is 7.43. The van der Waals surface area contributed by atoms with Crippen LogP contribution in [0.25, 0.3) is 0 Å². The van der Waals surface area contributed by atoms with E-state index in [-0.39, 0.29) is 0 Å². The molecule has 0 N–H and O–H groups in total. The molecule has 0 heterocycles. The van der Waals surface area contributed by atoms with E-state index in [1.54, 1.807) is 0 Å². The van der Waals surface area contributed by atoms with E-state index in [1.165, 1.54) is 19.3 Å². The van der Waals surface area contributed by atoms with Gasteiger partial charge in [0, 0.05) is 5.41 Å². The largest absolute Gasteiger partial charge is 0.0871 e. The third-order valence-electron chi connectivity index (χ3n) is 3.68. The topological polar surface area (TPSA) is 0 Å². The van der Waals surface area contributed by atoms with E-state index in [4.69, 9.17) is 0 Å². The second kappa shape index (κ2) is 2.00. The summed E-state index contributed by atoms with van der Waals surface area (Å²) in [7, 11) is 0. The molecule has 0 nitrogen and oxygen atoms in total. The lowest BCUT2D eigenvalue weighted by Gasteiger charge is -2.36. The van der Waals surface area contributed by atoms with Crippen LogP contribution in [-0.4, -0.2) is 0 Å². The molecule has 0 amide bonds. The van der Waals surface area contributed by atoms with Crippen molar-refractivity contribution < 1.29 is 0 Å². The summed E-state index contributed by atoms with van der Waals surface area (Å²) in [5.74, 6) is 0. The molecule has 2 aliphatic carbocycles. The summed E-state index contributed by atoms with van der Waals surface area (Å²) >= 11 is 0. The molecule has 2 rings (SSSR count). The van der Waals surface area contributed by atoms with Gasteiger partial charge in [-0.15, -0.1) is 0 Å². The highest BCUT2D eigenvalue weighted by Crippen LogP contribution is 2.57. The molecule has 0 radical (unpaired) electrons. The van der Waals surface area contributed by atoms with Gasteiger partial charge in [0.2, 0.25) is 0 Å². The minimum Gasteiger partial charge on any atom is -0.0871 e. The van der Waals surface area contributed by atoms with Crippen LogP contribution in [0.1, 0.15) is 33.1 Å². The van der Waals surface area contributed by atoms with E-state index in [0.717, 1.165) is 0 Å². The van der Waals surface area contributed by atoms with Crippen molar-refractivity contribution >= 4 is 0 Å². The molecule has 0 aliphatic heterocycles. The summed E-state index contributed by atoms with van der Waals surface area (Å²) in [6.07, 6.45) is 13.3. The number of rotatable bonds is 1. The first-order valence-electron chi connectivity index (χ1n) is 4.58. The van der Waals surface area contributed by atoms with E-state index in [0.29, 0.717) is 10.8 Å². The highest BCUT2D eigenvalue weighted by molar-refractivity contribution is 5.29. The van der Waals surface area contributed by atoms with Gasteiger partial charge in [0.1, 0.15) is 0 Å².